The molecule has 45 heavy (non-hydrogen) atoms. The number of likely N-dealkylation sites (tertiary alicyclic amines) is 1. The molecule has 2 atom stereocenters. The maximum Gasteiger partial charge on any atom is 0.523 e. The Balaban J connectivity index is 1.65. The summed E-state index contributed by atoms with van der Waals surface area (Å²) in [7, 11) is -0.370. The highest BCUT2D eigenvalue weighted by molar-refractivity contribution is 7.19. The second-order valence-corrected chi connectivity index (χ2v) is 10.7. The van der Waals surface area contributed by atoms with Crippen molar-refractivity contribution in [1.29, 1.82) is 5.16 Å². The number of nitrogens with one attached hydrogen (secondary N) is 1. The molecule has 0 aliphatic carbocycles. The van der Waals surface area contributed by atoms with Gasteiger partial charge < -0.3 is 23.6 Å². The van der Waals surface area contributed by atoms with E-state index in [1.54, 1.807) is 17.9 Å². The number of halogens is 2. The van der Waals surface area contributed by atoms with Crippen LogP contribution in [0.25, 0.3) is 0 Å². The summed E-state index contributed by atoms with van der Waals surface area (Å²) in [5.74, 6) is -4.64. The van der Waals surface area contributed by atoms with E-state index in [1.807, 2.05) is 0 Å². The number of carbonyl (C=O) groups is 4. The van der Waals surface area contributed by atoms with Crippen LogP contribution in [-0.4, -0.2) is 54.2 Å². The van der Waals surface area contributed by atoms with Crippen molar-refractivity contribution in [3.05, 3.63) is 77.9 Å². The van der Waals surface area contributed by atoms with Crippen LogP contribution in [0.4, 0.5) is 13.6 Å². The van der Waals surface area contributed by atoms with Gasteiger partial charge in [0, 0.05) is 24.9 Å². The molecule has 0 aromatic heterocycles. The molecule has 242 valence electrons. The first-order valence-electron chi connectivity index (χ1n) is 14.7. The fraction of sp³-hybridized carbons (Fsp3) is 0.438. The van der Waals surface area contributed by atoms with Gasteiger partial charge in [0.05, 0.1) is 19.1 Å². The van der Waals surface area contributed by atoms with Crippen molar-refractivity contribution in [1.82, 2.24) is 4.90 Å². The molecule has 1 aliphatic heterocycles. The standard InChI is InChI=1S/C32H37F2N2O8P/c1-2-41-29(38)12-8-3-4-9-21-36-25(16-20-28(36)37)15-19-27(32(33,34)24-10-6-5-7-11-24)43-30(39)22-23-13-17-26(18-14-23)42-31(40)44-45-35/h5-7,10-11,13-15,17-19,25,27,35H,2-4,8-9,12,16,20-22H2,1H3/b19-15+/t25-,27+/m0/s1. The summed E-state index contributed by atoms with van der Waals surface area (Å²) in [6.07, 6.45) is 3.44. The topological polar surface area (TPSA) is 132 Å². The molecule has 2 aromatic rings. The molecule has 1 saturated heterocycles. The molecule has 10 nitrogen and oxygen atoms in total. The molecule has 0 saturated carbocycles. The van der Waals surface area contributed by atoms with Gasteiger partial charge in [0.25, 0.3) is 0 Å². The summed E-state index contributed by atoms with van der Waals surface area (Å²) in [6, 6.07) is 12.4. The number of rotatable bonds is 17. The largest absolute Gasteiger partial charge is 0.523 e. The van der Waals surface area contributed by atoms with Gasteiger partial charge in [-0.05, 0) is 50.0 Å². The molecule has 0 radical (unpaired) electrons. The SMILES string of the molecule is CCOC(=O)CCCCCCN1C(=O)CC[C@@H]1/C=C/[C@@H](OC(=O)Cc1ccc(OC(=O)OP=N)cc1)C(F)(F)c1ccccc1. The van der Waals surface area contributed by atoms with E-state index >= 15 is 8.78 Å². The van der Waals surface area contributed by atoms with Crippen LogP contribution in [0.3, 0.4) is 0 Å². The molecule has 1 heterocycles. The van der Waals surface area contributed by atoms with Gasteiger partial charge >= 0.3 is 24.0 Å². The Morgan fingerprint density at radius 2 is 1.76 bits per heavy atom. The van der Waals surface area contributed by atoms with Crippen LogP contribution in [0.15, 0.2) is 66.7 Å². The van der Waals surface area contributed by atoms with E-state index in [-0.39, 0.29) is 44.6 Å². The summed E-state index contributed by atoms with van der Waals surface area (Å²) >= 11 is 0. The lowest BCUT2D eigenvalue weighted by molar-refractivity contribution is -0.167. The molecule has 1 fully saturated rings. The third-order valence-electron chi connectivity index (χ3n) is 7.09. The maximum absolute atomic E-state index is 15.7. The fourth-order valence-electron chi connectivity index (χ4n) is 4.85. The Labute approximate surface area is 262 Å². The third-order valence-corrected chi connectivity index (χ3v) is 7.33. The number of unbranched alkanes of at least 4 members (excludes halogenated alkanes) is 3. The van der Waals surface area contributed by atoms with Crippen LogP contribution < -0.4 is 4.74 Å². The zero-order valence-electron chi connectivity index (χ0n) is 25.0. The Morgan fingerprint density at radius 1 is 1.04 bits per heavy atom. The minimum atomic E-state index is -3.56. The molecular weight excluding hydrogens is 609 g/mol. The lowest BCUT2D eigenvalue weighted by atomic mass is 10.0. The van der Waals surface area contributed by atoms with E-state index in [0.717, 1.165) is 18.9 Å². The number of benzene rings is 2. The van der Waals surface area contributed by atoms with Gasteiger partial charge in [-0.3, -0.25) is 14.4 Å². The van der Waals surface area contributed by atoms with Gasteiger partial charge in [-0.2, -0.15) is 8.78 Å². The first kappa shape index (κ1) is 35.3. The highest BCUT2D eigenvalue weighted by atomic mass is 31.1. The van der Waals surface area contributed by atoms with Gasteiger partial charge in [0.1, 0.15) is 5.75 Å². The van der Waals surface area contributed by atoms with Crippen molar-refractivity contribution in [2.45, 2.75) is 76.4 Å². The first-order valence-corrected chi connectivity index (χ1v) is 15.6. The number of carbonyl (C=O) groups excluding carboxylic acids is 4. The second-order valence-electron chi connectivity index (χ2n) is 10.3. The van der Waals surface area contributed by atoms with Crippen molar-refractivity contribution in [3.8, 4) is 5.75 Å². The predicted molar refractivity (Wildman–Crippen MR) is 161 cm³/mol. The van der Waals surface area contributed by atoms with Crippen LogP contribution in [0.5, 0.6) is 5.75 Å². The van der Waals surface area contributed by atoms with Crippen LogP contribution in [0.2, 0.25) is 0 Å². The molecule has 1 aliphatic rings. The van der Waals surface area contributed by atoms with Gasteiger partial charge in [-0.25, -0.2) is 9.96 Å². The second kappa shape index (κ2) is 17.9. The lowest BCUT2D eigenvalue weighted by Gasteiger charge is -2.27. The molecule has 0 unspecified atom stereocenters. The van der Waals surface area contributed by atoms with Crippen LogP contribution >= 0.6 is 8.60 Å². The summed E-state index contributed by atoms with van der Waals surface area (Å²) in [5.41, 5.74) is 0.106. The van der Waals surface area contributed by atoms with E-state index in [2.05, 4.69) is 4.52 Å². The monoisotopic (exact) mass is 646 g/mol. The van der Waals surface area contributed by atoms with Crippen LogP contribution in [-0.2, 0) is 40.7 Å². The Hall–Kier alpha value is -4.18. The first-order chi connectivity index (χ1) is 21.6. The third kappa shape index (κ3) is 11.4. The van der Waals surface area contributed by atoms with E-state index in [0.29, 0.717) is 44.4 Å². The van der Waals surface area contributed by atoms with E-state index in [9.17, 15) is 19.2 Å². The number of hydrogen-bond acceptors (Lipinski definition) is 9. The normalized spacial score (nSPS) is 15.7. The average Bonchev–Trinajstić information content (AvgIpc) is 3.37. The molecule has 2 aromatic carbocycles. The zero-order valence-corrected chi connectivity index (χ0v) is 25.9. The van der Waals surface area contributed by atoms with E-state index in [1.165, 1.54) is 54.6 Å². The quantitative estimate of drug-likeness (QED) is 0.0631. The Bertz CT molecular complexity index is 1320. The van der Waals surface area contributed by atoms with Gasteiger partial charge in [-0.15, -0.1) is 0 Å². The van der Waals surface area contributed by atoms with Crippen molar-refractivity contribution >= 4 is 32.6 Å². The molecule has 1 N–H and O–H groups in total. The Morgan fingerprint density at radius 3 is 2.44 bits per heavy atom. The average molecular weight is 647 g/mol. The van der Waals surface area contributed by atoms with Crippen molar-refractivity contribution in [2.75, 3.05) is 13.2 Å². The summed E-state index contributed by atoms with van der Waals surface area (Å²) in [6.45, 7) is 2.56. The number of ether oxygens (including phenoxy) is 3. The summed E-state index contributed by atoms with van der Waals surface area (Å²) < 4.78 is 50.9. The van der Waals surface area contributed by atoms with Crippen LogP contribution in [0.1, 0.15) is 63.0 Å². The van der Waals surface area contributed by atoms with E-state index in [4.69, 9.17) is 19.4 Å². The predicted octanol–water partition coefficient (Wildman–Crippen LogP) is 7.13. The lowest BCUT2D eigenvalue weighted by Crippen LogP contribution is -2.36. The number of alkyl halides is 2. The van der Waals surface area contributed by atoms with Crippen molar-refractivity contribution < 1.29 is 46.7 Å². The van der Waals surface area contributed by atoms with Crippen molar-refractivity contribution in [3.63, 3.8) is 0 Å². The molecular formula is C32H37F2N2O8P. The Kier molecular flexibility index (Phi) is 14.1. The fourth-order valence-corrected chi connectivity index (χ4v) is 4.96. The minimum absolute atomic E-state index is 0.0699. The van der Waals surface area contributed by atoms with E-state index < -0.39 is 30.2 Å². The van der Waals surface area contributed by atoms with Crippen LogP contribution in [0, 0.1) is 5.16 Å². The zero-order chi connectivity index (χ0) is 32.7. The van der Waals surface area contributed by atoms with Gasteiger partial charge in [-0.1, -0.05) is 61.4 Å². The van der Waals surface area contributed by atoms with Crippen molar-refractivity contribution in [2.24, 2.45) is 0 Å². The summed E-state index contributed by atoms with van der Waals surface area (Å²) in [5, 5.41) is 6.84. The molecule has 13 heteroatoms. The van der Waals surface area contributed by atoms with Gasteiger partial charge in [0.2, 0.25) is 14.5 Å². The molecule has 3 rings (SSSR count). The maximum atomic E-state index is 15.7. The summed E-state index contributed by atoms with van der Waals surface area (Å²) in [4.78, 5) is 50.0. The molecule has 1 amide bonds. The van der Waals surface area contributed by atoms with Gasteiger partial charge in [0.15, 0.2) is 6.10 Å². The number of nitrogens with zero attached hydrogens (tertiary/aromatic N) is 1. The number of esters is 2. The smallest absolute Gasteiger partial charge is 0.466 e. The minimum Gasteiger partial charge on any atom is -0.466 e. The highest BCUT2D eigenvalue weighted by Gasteiger charge is 2.43. The molecule has 0 spiro atoms. The number of amides is 1. The molecule has 0 bridgehead atoms. The number of hydrogen-bond donors (Lipinski definition) is 1. The highest BCUT2D eigenvalue weighted by Crippen LogP contribution is 2.35.